The molecule has 0 bridgehead atoms. The number of aliphatic hydroxyl groups is 1. The Morgan fingerprint density at radius 3 is 2.47 bits per heavy atom. The number of anilines is 1. The van der Waals surface area contributed by atoms with Gasteiger partial charge in [-0.25, -0.2) is 15.0 Å². The van der Waals surface area contributed by atoms with E-state index >= 15 is 0 Å². The average Bonchev–Trinajstić information content (AvgIpc) is 3.25. The van der Waals surface area contributed by atoms with E-state index in [1.165, 1.54) is 6.33 Å². The number of benzene rings is 2. The summed E-state index contributed by atoms with van der Waals surface area (Å²) in [6, 6.07) is 12.9. The van der Waals surface area contributed by atoms with Gasteiger partial charge in [0.2, 0.25) is 6.41 Å². The predicted molar refractivity (Wildman–Crippen MR) is 143 cm³/mol. The van der Waals surface area contributed by atoms with Crippen LogP contribution in [-0.2, 0) is 4.74 Å². The van der Waals surface area contributed by atoms with Crippen LogP contribution in [0.25, 0.3) is 28.2 Å². The predicted octanol–water partition coefficient (Wildman–Crippen LogP) is 5.63. The quantitative estimate of drug-likeness (QED) is 0.290. The number of piperidine rings is 1. The molecule has 1 atom stereocenters. The number of hydrogen-bond donors (Lipinski definition) is 2. The molecule has 2 aromatic heterocycles. The molecule has 1 fully saturated rings. The van der Waals surface area contributed by atoms with E-state index in [1.807, 2.05) is 46.7 Å². The topological polar surface area (TPSA) is 88.3 Å². The summed E-state index contributed by atoms with van der Waals surface area (Å²) < 4.78 is 7.26. The van der Waals surface area contributed by atoms with E-state index in [0.717, 1.165) is 24.1 Å². The maximum absolute atomic E-state index is 10.1. The van der Waals surface area contributed by atoms with Crippen LogP contribution in [0, 0.1) is 0 Å². The zero-order valence-corrected chi connectivity index (χ0v) is 21.8. The van der Waals surface area contributed by atoms with Crippen molar-refractivity contribution in [2.75, 3.05) is 25.0 Å². The molecule has 1 unspecified atom stereocenters. The summed E-state index contributed by atoms with van der Waals surface area (Å²) in [6.07, 6.45) is 2.30. The van der Waals surface area contributed by atoms with Gasteiger partial charge in [0.15, 0.2) is 17.0 Å². The lowest BCUT2D eigenvalue weighted by Crippen LogP contribution is -2.45. The maximum Gasteiger partial charge on any atom is 0.216 e. The molecular formula is C25H25Cl3N6O2. The summed E-state index contributed by atoms with van der Waals surface area (Å²) in [5.41, 5.74) is 2.83. The molecule has 0 spiro atoms. The summed E-state index contributed by atoms with van der Waals surface area (Å²) in [6.45, 7) is 3.75. The van der Waals surface area contributed by atoms with Crippen molar-refractivity contribution in [3.63, 3.8) is 0 Å². The molecule has 1 saturated heterocycles. The van der Waals surface area contributed by atoms with Gasteiger partial charge in [0.05, 0.1) is 5.02 Å². The van der Waals surface area contributed by atoms with E-state index in [1.54, 1.807) is 12.1 Å². The van der Waals surface area contributed by atoms with E-state index in [9.17, 15) is 5.11 Å². The highest BCUT2D eigenvalue weighted by Gasteiger charge is 2.26. The zero-order chi connectivity index (χ0) is 25.2. The van der Waals surface area contributed by atoms with Crippen molar-refractivity contribution in [3.8, 4) is 17.1 Å². The Hall–Kier alpha value is -2.46. The van der Waals surface area contributed by atoms with E-state index in [2.05, 4.69) is 15.3 Å². The molecule has 0 saturated carbocycles. The lowest BCUT2D eigenvalue weighted by Gasteiger charge is -2.34. The van der Waals surface area contributed by atoms with Crippen LogP contribution in [0.3, 0.4) is 0 Å². The highest BCUT2D eigenvalue weighted by molar-refractivity contribution is 6.36. The number of hydrogen-bond acceptors (Lipinski definition) is 7. The van der Waals surface area contributed by atoms with Crippen LogP contribution in [0.15, 0.2) is 48.8 Å². The Morgan fingerprint density at radius 1 is 1.06 bits per heavy atom. The van der Waals surface area contributed by atoms with Gasteiger partial charge in [-0.05, 0) is 62.2 Å². The first-order valence-electron chi connectivity index (χ1n) is 11.7. The average molecular weight is 548 g/mol. The molecule has 3 heterocycles. The highest BCUT2D eigenvalue weighted by Crippen LogP contribution is 2.35. The molecule has 188 valence electrons. The van der Waals surface area contributed by atoms with Crippen molar-refractivity contribution >= 4 is 51.8 Å². The van der Waals surface area contributed by atoms with E-state index in [4.69, 9.17) is 44.5 Å². The molecule has 8 nitrogen and oxygen atoms in total. The number of aromatic nitrogens is 4. The molecule has 4 aromatic rings. The summed E-state index contributed by atoms with van der Waals surface area (Å²) >= 11 is 18.9. The molecule has 0 amide bonds. The molecule has 1 aliphatic heterocycles. The summed E-state index contributed by atoms with van der Waals surface area (Å²) in [5.74, 6) is 1.26. The first-order valence-corrected chi connectivity index (χ1v) is 12.8. The lowest BCUT2D eigenvalue weighted by atomic mass is 10.1. The molecule has 5 rings (SSSR count). The summed E-state index contributed by atoms with van der Waals surface area (Å²) in [7, 11) is 0. The Labute approximate surface area is 223 Å². The lowest BCUT2D eigenvalue weighted by molar-refractivity contribution is -0.194. The Morgan fingerprint density at radius 2 is 1.78 bits per heavy atom. The van der Waals surface area contributed by atoms with Crippen molar-refractivity contribution in [3.05, 3.63) is 63.9 Å². The second-order valence-corrected chi connectivity index (χ2v) is 9.78. The van der Waals surface area contributed by atoms with Crippen molar-refractivity contribution < 1.29 is 9.84 Å². The van der Waals surface area contributed by atoms with Crippen LogP contribution in [0.4, 0.5) is 5.82 Å². The van der Waals surface area contributed by atoms with E-state index in [-0.39, 0.29) is 6.04 Å². The van der Waals surface area contributed by atoms with Crippen LogP contribution >= 0.6 is 34.8 Å². The second kappa shape index (κ2) is 10.9. The number of nitrogens with one attached hydrogen (secondary N) is 1. The number of rotatable bonds is 7. The second-order valence-electron chi connectivity index (χ2n) is 8.50. The van der Waals surface area contributed by atoms with Crippen molar-refractivity contribution in [2.24, 2.45) is 0 Å². The van der Waals surface area contributed by atoms with E-state index in [0.29, 0.717) is 57.6 Å². The minimum Gasteiger partial charge on any atom is -0.365 e. The van der Waals surface area contributed by atoms with Crippen LogP contribution in [-0.4, -0.2) is 61.7 Å². The third kappa shape index (κ3) is 5.16. The normalized spacial score (nSPS) is 15.9. The third-order valence-electron chi connectivity index (χ3n) is 6.20. The van der Waals surface area contributed by atoms with Gasteiger partial charge in [0.25, 0.3) is 0 Å². The number of fused-ring (bicyclic) bond motifs is 1. The standard InChI is InChI=1S/C25H25Cl3N6O2/c1-2-36-25(35)33-11-9-17(10-12-33)31-22-21-24(30-14-29-22)34(18-6-3-15(26)4-7-18)23(32-21)19-8-5-16(27)13-20(19)28/h3-8,13-14,17,25,35H,2,9-12H2,1H3,(H,29,30,31). The van der Waals surface area contributed by atoms with Crippen LogP contribution < -0.4 is 5.32 Å². The largest absolute Gasteiger partial charge is 0.365 e. The van der Waals surface area contributed by atoms with Crippen LogP contribution in [0.5, 0.6) is 0 Å². The van der Waals surface area contributed by atoms with Crippen molar-refractivity contribution in [1.29, 1.82) is 0 Å². The summed E-state index contributed by atoms with van der Waals surface area (Å²) in [5, 5.41) is 15.3. The van der Waals surface area contributed by atoms with Gasteiger partial charge in [-0.1, -0.05) is 34.8 Å². The fraction of sp³-hybridized carbons (Fsp3) is 0.320. The fourth-order valence-corrected chi connectivity index (χ4v) is 5.02. The van der Waals surface area contributed by atoms with Crippen LogP contribution in [0.1, 0.15) is 19.8 Å². The van der Waals surface area contributed by atoms with Gasteiger partial charge < -0.3 is 15.2 Å². The minimum atomic E-state index is -0.872. The number of ether oxygens (including phenoxy) is 1. The molecule has 1 aliphatic rings. The van der Waals surface area contributed by atoms with Gasteiger partial charge >= 0.3 is 0 Å². The number of aliphatic hydroxyl groups excluding tert-OH is 1. The van der Waals surface area contributed by atoms with Gasteiger partial charge in [-0.3, -0.25) is 9.47 Å². The van der Waals surface area contributed by atoms with Gasteiger partial charge in [-0.2, -0.15) is 0 Å². The van der Waals surface area contributed by atoms with Crippen LogP contribution in [0.2, 0.25) is 15.1 Å². The fourth-order valence-electron chi connectivity index (χ4n) is 4.40. The van der Waals surface area contributed by atoms with Crippen molar-refractivity contribution in [1.82, 2.24) is 24.4 Å². The number of imidazole rings is 1. The molecule has 2 N–H and O–H groups in total. The molecular weight excluding hydrogens is 523 g/mol. The smallest absolute Gasteiger partial charge is 0.216 e. The molecule has 0 aliphatic carbocycles. The minimum absolute atomic E-state index is 0.163. The number of likely N-dealkylation sites (tertiary alicyclic amines) is 1. The molecule has 36 heavy (non-hydrogen) atoms. The van der Waals surface area contributed by atoms with Gasteiger partial charge in [0, 0.05) is 47.0 Å². The molecule has 11 heteroatoms. The molecule has 0 radical (unpaired) electrons. The zero-order valence-electron chi connectivity index (χ0n) is 19.5. The number of nitrogens with zero attached hydrogens (tertiary/aromatic N) is 5. The van der Waals surface area contributed by atoms with E-state index < -0.39 is 6.41 Å². The van der Waals surface area contributed by atoms with Gasteiger partial charge in [-0.15, -0.1) is 0 Å². The highest BCUT2D eigenvalue weighted by atomic mass is 35.5. The van der Waals surface area contributed by atoms with Crippen molar-refractivity contribution in [2.45, 2.75) is 32.2 Å². The first kappa shape index (κ1) is 25.2. The van der Waals surface area contributed by atoms with Gasteiger partial charge in [0.1, 0.15) is 12.2 Å². The first-order chi connectivity index (χ1) is 17.4. The SMILES string of the molecule is CCOC(O)N1CCC(Nc2ncnc3c2nc(-c2ccc(Cl)cc2Cl)n3-c2ccc(Cl)cc2)CC1. The molecule has 2 aromatic carbocycles. The maximum atomic E-state index is 10.1. The number of halogens is 3. The Bertz CT molecular complexity index is 1360. The summed E-state index contributed by atoms with van der Waals surface area (Å²) in [4.78, 5) is 16.0. The monoisotopic (exact) mass is 546 g/mol. The third-order valence-corrected chi connectivity index (χ3v) is 7.00. The Balaban J connectivity index is 1.52. The Kier molecular flexibility index (Phi) is 7.62.